The molecule has 0 unspecified atom stereocenters. The van der Waals surface area contributed by atoms with Gasteiger partial charge in [0, 0.05) is 20.1 Å². The lowest BCUT2D eigenvalue weighted by Gasteiger charge is -2.19. The largest absolute Gasteiger partial charge is 0.395 e. The second-order valence-electron chi connectivity index (χ2n) is 3.69. The summed E-state index contributed by atoms with van der Waals surface area (Å²) in [6.07, 6.45) is 1.01. The molecule has 1 heterocycles. The highest BCUT2D eigenvalue weighted by Gasteiger charge is 2.15. The van der Waals surface area contributed by atoms with Crippen LogP contribution in [0.2, 0.25) is 0 Å². The lowest BCUT2D eigenvalue weighted by atomic mass is 10.3. The van der Waals surface area contributed by atoms with Crippen molar-refractivity contribution >= 4 is 11.5 Å². The number of hydrogen-bond donors (Lipinski definition) is 2. The molecule has 15 heavy (non-hydrogen) atoms. The number of aliphatic hydroxyl groups is 1. The standard InChI is InChI=1S/C10H20N4O/c1-4-5-14-10(13(3)6-7-15)9(11)8(2)12-14/h15H,4-7,11H2,1-3H3. The van der Waals surface area contributed by atoms with Gasteiger partial charge in [-0.05, 0) is 13.3 Å². The molecule has 0 fully saturated rings. The highest BCUT2D eigenvalue weighted by Crippen LogP contribution is 2.25. The zero-order valence-electron chi connectivity index (χ0n) is 9.69. The molecule has 0 bridgehead atoms. The van der Waals surface area contributed by atoms with Crippen LogP contribution in [0.4, 0.5) is 11.5 Å². The van der Waals surface area contributed by atoms with Crippen LogP contribution in [0.5, 0.6) is 0 Å². The number of aliphatic hydroxyl groups excluding tert-OH is 1. The van der Waals surface area contributed by atoms with Crippen molar-refractivity contribution in [1.29, 1.82) is 0 Å². The number of nitrogen functional groups attached to an aromatic ring is 1. The van der Waals surface area contributed by atoms with Crippen molar-refractivity contribution in [3.05, 3.63) is 5.69 Å². The second-order valence-corrected chi connectivity index (χ2v) is 3.69. The van der Waals surface area contributed by atoms with Crippen LogP contribution in [0.15, 0.2) is 0 Å². The highest BCUT2D eigenvalue weighted by molar-refractivity contribution is 5.65. The average molecular weight is 212 g/mol. The summed E-state index contributed by atoms with van der Waals surface area (Å²) in [5.74, 6) is 0.906. The number of aryl methyl sites for hydroxylation is 2. The van der Waals surface area contributed by atoms with Gasteiger partial charge in [0.1, 0.15) is 5.82 Å². The van der Waals surface area contributed by atoms with Crippen LogP contribution >= 0.6 is 0 Å². The van der Waals surface area contributed by atoms with Crippen molar-refractivity contribution in [2.45, 2.75) is 26.8 Å². The molecule has 0 aliphatic heterocycles. The Hall–Kier alpha value is -1.23. The number of nitrogens with two attached hydrogens (primary N) is 1. The molecular formula is C10H20N4O. The summed E-state index contributed by atoms with van der Waals surface area (Å²) >= 11 is 0. The van der Waals surface area contributed by atoms with Gasteiger partial charge in [0.15, 0.2) is 0 Å². The van der Waals surface area contributed by atoms with Gasteiger partial charge in [-0.1, -0.05) is 6.92 Å². The molecule has 0 aromatic carbocycles. The van der Waals surface area contributed by atoms with E-state index in [1.165, 1.54) is 0 Å². The van der Waals surface area contributed by atoms with E-state index in [1.54, 1.807) is 0 Å². The molecule has 1 aromatic heterocycles. The third-order valence-electron chi connectivity index (χ3n) is 2.38. The number of hydrogen-bond acceptors (Lipinski definition) is 4. The fourth-order valence-electron chi connectivity index (χ4n) is 1.61. The first-order valence-electron chi connectivity index (χ1n) is 5.26. The van der Waals surface area contributed by atoms with Gasteiger partial charge in [-0.15, -0.1) is 0 Å². The Morgan fingerprint density at radius 1 is 1.53 bits per heavy atom. The molecule has 1 aromatic rings. The zero-order chi connectivity index (χ0) is 11.4. The Labute approximate surface area is 90.5 Å². The van der Waals surface area contributed by atoms with Crippen LogP contribution in [-0.2, 0) is 6.54 Å². The van der Waals surface area contributed by atoms with Crippen molar-refractivity contribution in [2.24, 2.45) is 0 Å². The van der Waals surface area contributed by atoms with Crippen LogP contribution in [0.1, 0.15) is 19.0 Å². The Kier molecular flexibility index (Phi) is 3.96. The minimum Gasteiger partial charge on any atom is -0.395 e. The van der Waals surface area contributed by atoms with E-state index in [9.17, 15) is 0 Å². The van der Waals surface area contributed by atoms with Gasteiger partial charge in [0.05, 0.1) is 18.0 Å². The van der Waals surface area contributed by atoms with Gasteiger partial charge in [-0.2, -0.15) is 5.10 Å². The van der Waals surface area contributed by atoms with E-state index >= 15 is 0 Å². The monoisotopic (exact) mass is 212 g/mol. The van der Waals surface area contributed by atoms with E-state index in [4.69, 9.17) is 10.8 Å². The summed E-state index contributed by atoms with van der Waals surface area (Å²) in [6.45, 7) is 5.54. The number of likely N-dealkylation sites (N-methyl/N-ethyl adjacent to an activating group) is 1. The predicted octanol–water partition coefficient (Wildman–Crippen LogP) is 0.612. The second kappa shape index (κ2) is 5.02. The molecule has 0 saturated heterocycles. The molecule has 0 saturated carbocycles. The molecule has 5 heteroatoms. The van der Waals surface area contributed by atoms with Gasteiger partial charge in [-0.25, -0.2) is 4.68 Å². The van der Waals surface area contributed by atoms with Crippen LogP contribution in [0.25, 0.3) is 0 Å². The topological polar surface area (TPSA) is 67.3 Å². The molecule has 0 aliphatic rings. The Balaban J connectivity index is 3.01. The van der Waals surface area contributed by atoms with Crippen molar-refractivity contribution in [1.82, 2.24) is 9.78 Å². The highest BCUT2D eigenvalue weighted by atomic mass is 16.3. The maximum Gasteiger partial charge on any atom is 0.150 e. The molecule has 1 rings (SSSR count). The molecule has 3 N–H and O–H groups in total. The summed E-state index contributed by atoms with van der Waals surface area (Å²) < 4.78 is 1.90. The third kappa shape index (κ3) is 2.41. The lowest BCUT2D eigenvalue weighted by Crippen LogP contribution is -2.25. The van der Waals surface area contributed by atoms with Gasteiger partial charge in [0.25, 0.3) is 0 Å². The Morgan fingerprint density at radius 3 is 2.73 bits per heavy atom. The number of aromatic nitrogens is 2. The number of nitrogens with zero attached hydrogens (tertiary/aromatic N) is 3. The quantitative estimate of drug-likeness (QED) is 0.750. The summed E-state index contributed by atoms with van der Waals surface area (Å²) in [6, 6.07) is 0. The molecule has 0 radical (unpaired) electrons. The van der Waals surface area contributed by atoms with Crippen molar-refractivity contribution in [3.63, 3.8) is 0 Å². The van der Waals surface area contributed by atoms with Crippen LogP contribution in [0, 0.1) is 6.92 Å². The van der Waals surface area contributed by atoms with Crippen LogP contribution in [-0.4, -0.2) is 35.1 Å². The van der Waals surface area contributed by atoms with Gasteiger partial charge in [-0.3, -0.25) is 0 Å². The first-order valence-corrected chi connectivity index (χ1v) is 5.26. The molecule has 86 valence electrons. The maximum atomic E-state index is 8.90. The van der Waals surface area contributed by atoms with Gasteiger partial charge >= 0.3 is 0 Å². The van der Waals surface area contributed by atoms with E-state index in [0.29, 0.717) is 12.2 Å². The molecule has 0 amide bonds. The third-order valence-corrected chi connectivity index (χ3v) is 2.38. The molecule has 0 atom stereocenters. The predicted molar refractivity (Wildman–Crippen MR) is 62.0 cm³/mol. The summed E-state index contributed by atoms with van der Waals surface area (Å²) in [7, 11) is 1.91. The fraction of sp³-hybridized carbons (Fsp3) is 0.700. The lowest BCUT2D eigenvalue weighted by molar-refractivity contribution is 0.303. The van der Waals surface area contributed by atoms with Crippen molar-refractivity contribution in [3.8, 4) is 0 Å². The SMILES string of the molecule is CCCn1nc(C)c(N)c1N(C)CCO. The van der Waals surface area contributed by atoms with Crippen LogP contribution in [0.3, 0.4) is 0 Å². The van der Waals surface area contributed by atoms with E-state index in [0.717, 1.165) is 24.5 Å². The average Bonchev–Trinajstić information content (AvgIpc) is 2.44. The molecular weight excluding hydrogens is 192 g/mol. The summed E-state index contributed by atoms with van der Waals surface area (Å²) in [5.41, 5.74) is 7.52. The summed E-state index contributed by atoms with van der Waals surface area (Å²) in [5, 5.41) is 13.3. The zero-order valence-corrected chi connectivity index (χ0v) is 9.69. The first-order chi connectivity index (χ1) is 7.11. The minimum absolute atomic E-state index is 0.117. The Bertz CT molecular complexity index is 321. The fourth-order valence-corrected chi connectivity index (χ4v) is 1.61. The molecule has 0 aliphatic carbocycles. The van der Waals surface area contributed by atoms with Gasteiger partial charge in [0.2, 0.25) is 0 Å². The first kappa shape index (κ1) is 11.8. The van der Waals surface area contributed by atoms with E-state index in [-0.39, 0.29) is 6.61 Å². The van der Waals surface area contributed by atoms with E-state index in [2.05, 4.69) is 12.0 Å². The number of anilines is 2. The maximum absolute atomic E-state index is 8.90. The normalized spacial score (nSPS) is 10.7. The minimum atomic E-state index is 0.117. The van der Waals surface area contributed by atoms with E-state index < -0.39 is 0 Å². The number of rotatable bonds is 5. The van der Waals surface area contributed by atoms with Crippen molar-refractivity contribution in [2.75, 3.05) is 30.8 Å². The van der Waals surface area contributed by atoms with Gasteiger partial charge < -0.3 is 15.7 Å². The van der Waals surface area contributed by atoms with Crippen molar-refractivity contribution < 1.29 is 5.11 Å². The van der Waals surface area contributed by atoms with Crippen LogP contribution < -0.4 is 10.6 Å². The Morgan fingerprint density at radius 2 is 2.20 bits per heavy atom. The molecule has 5 nitrogen and oxygen atoms in total. The smallest absolute Gasteiger partial charge is 0.150 e. The van der Waals surface area contributed by atoms with E-state index in [1.807, 2.05) is 23.6 Å². The summed E-state index contributed by atoms with van der Waals surface area (Å²) in [4.78, 5) is 1.94. The molecule has 0 spiro atoms.